The molecule has 2 saturated heterocycles. The summed E-state index contributed by atoms with van der Waals surface area (Å²) in [5.74, 6) is 0.970. The maximum absolute atomic E-state index is 2.82. The molecule has 0 radical (unpaired) electrons. The lowest BCUT2D eigenvalue weighted by atomic mass is 9.66. The molecule has 3 fully saturated rings. The molecule has 3 aliphatic rings. The predicted octanol–water partition coefficient (Wildman–Crippen LogP) is 3.16. The van der Waals surface area contributed by atoms with Crippen LogP contribution in [0.2, 0.25) is 0 Å². The minimum absolute atomic E-state index is 0.461. The standard InChI is InChI=1S/C15H19N/c1-2-6-12(7-3-1)15-10-5-11-16(15)14-9-4-8-13(14)15/h1-3,6-7,13-14H,4-5,8-11H2. The van der Waals surface area contributed by atoms with E-state index in [1.54, 1.807) is 5.56 Å². The molecule has 2 heterocycles. The number of fused-ring (bicyclic) bond motifs is 4. The van der Waals surface area contributed by atoms with Crippen LogP contribution in [0.4, 0.5) is 0 Å². The van der Waals surface area contributed by atoms with Crippen LogP contribution in [0, 0.1) is 5.92 Å². The first kappa shape index (κ1) is 9.23. The lowest BCUT2D eigenvalue weighted by molar-refractivity contribution is -0.0992. The molecule has 1 aromatic carbocycles. The van der Waals surface area contributed by atoms with Gasteiger partial charge in [-0.15, -0.1) is 0 Å². The second kappa shape index (κ2) is 3.10. The van der Waals surface area contributed by atoms with Gasteiger partial charge >= 0.3 is 0 Å². The van der Waals surface area contributed by atoms with Gasteiger partial charge < -0.3 is 0 Å². The first-order chi connectivity index (χ1) is 7.93. The van der Waals surface area contributed by atoms with Gasteiger partial charge in [0.1, 0.15) is 0 Å². The zero-order chi connectivity index (χ0) is 10.6. The van der Waals surface area contributed by atoms with Gasteiger partial charge in [-0.2, -0.15) is 0 Å². The highest BCUT2D eigenvalue weighted by Crippen LogP contribution is 2.61. The molecule has 16 heavy (non-hydrogen) atoms. The first-order valence-electron chi connectivity index (χ1n) is 6.75. The molecule has 1 heteroatoms. The van der Waals surface area contributed by atoms with E-state index in [0.717, 1.165) is 12.0 Å². The van der Waals surface area contributed by atoms with Gasteiger partial charge in [0.15, 0.2) is 0 Å². The van der Waals surface area contributed by atoms with E-state index in [2.05, 4.69) is 35.2 Å². The summed E-state index contributed by atoms with van der Waals surface area (Å²) in [6, 6.07) is 12.2. The van der Waals surface area contributed by atoms with Crippen molar-refractivity contribution in [3.05, 3.63) is 35.9 Å². The lowest BCUT2D eigenvalue weighted by Gasteiger charge is -2.59. The molecule has 0 amide bonds. The van der Waals surface area contributed by atoms with Crippen LogP contribution in [0.3, 0.4) is 0 Å². The molecule has 0 spiro atoms. The van der Waals surface area contributed by atoms with Crippen LogP contribution < -0.4 is 0 Å². The summed E-state index contributed by atoms with van der Waals surface area (Å²) in [5.41, 5.74) is 2.05. The summed E-state index contributed by atoms with van der Waals surface area (Å²) < 4.78 is 0. The van der Waals surface area contributed by atoms with Gasteiger partial charge in [0.2, 0.25) is 0 Å². The van der Waals surface area contributed by atoms with Crippen LogP contribution in [0.25, 0.3) is 0 Å². The van der Waals surface area contributed by atoms with E-state index in [4.69, 9.17) is 0 Å². The molecule has 1 nitrogen and oxygen atoms in total. The van der Waals surface area contributed by atoms with E-state index in [0.29, 0.717) is 5.54 Å². The van der Waals surface area contributed by atoms with Crippen LogP contribution in [0.15, 0.2) is 30.3 Å². The third kappa shape index (κ3) is 0.917. The second-order valence-corrected chi connectivity index (χ2v) is 5.69. The maximum Gasteiger partial charge on any atom is 0.0507 e. The van der Waals surface area contributed by atoms with Crippen molar-refractivity contribution in [1.82, 2.24) is 4.90 Å². The molecule has 1 aliphatic carbocycles. The van der Waals surface area contributed by atoms with Gasteiger partial charge in [-0.25, -0.2) is 0 Å². The van der Waals surface area contributed by atoms with E-state index in [1.165, 1.54) is 38.6 Å². The Kier molecular flexibility index (Phi) is 1.79. The minimum atomic E-state index is 0.461. The summed E-state index contributed by atoms with van der Waals surface area (Å²) in [4.78, 5) is 2.82. The minimum Gasteiger partial charge on any atom is -0.290 e. The van der Waals surface area contributed by atoms with Crippen molar-refractivity contribution < 1.29 is 0 Å². The smallest absolute Gasteiger partial charge is 0.0507 e. The van der Waals surface area contributed by atoms with Crippen LogP contribution in [-0.4, -0.2) is 17.5 Å². The zero-order valence-electron chi connectivity index (χ0n) is 9.73. The summed E-state index contributed by atoms with van der Waals surface area (Å²) in [5, 5.41) is 0. The Morgan fingerprint density at radius 1 is 1.06 bits per heavy atom. The fourth-order valence-corrected chi connectivity index (χ4v) is 4.76. The number of hydrogen-bond donors (Lipinski definition) is 0. The van der Waals surface area contributed by atoms with Crippen LogP contribution >= 0.6 is 0 Å². The van der Waals surface area contributed by atoms with Crippen molar-refractivity contribution in [3.63, 3.8) is 0 Å². The van der Waals surface area contributed by atoms with Gasteiger partial charge in [0.25, 0.3) is 0 Å². The van der Waals surface area contributed by atoms with E-state index < -0.39 is 0 Å². The van der Waals surface area contributed by atoms with Gasteiger partial charge in [0.05, 0.1) is 5.54 Å². The average molecular weight is 213 g/mol. The average Bonchev–Trinajstić information content (AvgIpc) is 2.89. The Labute approximate surface area is 97.5 Å². The highest BCUT2D eigenvalue weighted by atomic mass is 15.3. The highest BCUT2D eigenvalue weighted by molar-refractivity contribution is 5.33. The van der Waals surface area contributed by atoms with E-state index in [-0.39, 0.29) is 0 Å². The maximum atomic E-state index is 2.82. The van der Waals surface area contributed by atoms with Gasteiger partial charge in [-0.3, -0.25) is 4.90 Å². The van der Waals surface area contributed by atoms with E-state index in [9.17, 15) is 0 Å². The van der Waals surface area contributed by atoms with Crippen molar-refractivity contribution in [2.45, 2.75) is 43.7 Å². The van der Waals surface area contributed by atoms with E-state index in [1.807, 2.05) is 0 Å². The topological polar surface area (TPSA) is 3.24 Å². The fraction of sp³-hybridized carbons (Fsp3) is 0.600. The molecular formula is C15H19N. The molecule has 3 atom stereocenters. The normalized spacial score (nSPS) is 41.5. The molecule has 1 aromatic rings. The molecule has 0 aromatic heterocycles. The second-order valence-electron chi connectivity index (χ2n) is 5.69. The SMILES string of the molecule is c1ccc(C23CCCN2C2CCCC23)cc1. The summed E-state index contributed by atoms with van der Waals surface area (Å²) in [6.07, 6.45) is 7.19. The Morgan fingerprint density at radius 3 is 2.81 bits per heavy atom. The Bertz CT molecular complexity index is 387. The molecule has 2 aliphatic heterocycles. The summed E-state index contributed by atoms with van der Waals surface area (Å²) in [7, 11) is 0. The fourth-order valence-electron chi connectivity index (χ4n) is 4.76. The van der Waals surface area contributed by atoms with Crippen molar-refractivity contribution in [1.29, 1.82) is 0 Å². The molecule has 3 unspecified atom stereocenters. The number of benzene rings is 1. The Morgan fingerprint density at radius 2 is 1.94 bits per heavy atom. The van der Waals surface area contributed by atoms with Crippen LogP contribution in [0.1, 0.15) is 37.7 Å². The molecule has 84 valence electrons. The summed E-state index contributed by atoms with van der Waals surface area (Å²) in [6.45, 7) is 1.34. The van der Waals surface area contributed by atoms with E-state index >= 15 is 0 Å². The van der Waals surface area contributed by atoms with Gasteiger partial charge in [-0.05, 0) is 43.7 Å². The van der Waals surface area contributed by atoms with Crippen LogP contribution in [-0.2, 0) is 5.54 Å². The molecule has 0 N–H and O–H groups in total. The summed E-state index contributed by atoms with van der Waals surface area (Å²) >= 11 is 0. The number of hydrogen-bond acceptors (Lipinski definition) is 1. The van der Waals surface area contributed by atoms with Gasteiger partial charge in [0, 0.05) is 6.04 Å². The molecule has 0 bridgehead atoms. The van der Waals surface area contributed by atoms with Gasteiger partial charge in [-0.1, -0.05) is 36.8 Å². The molecule has 1 saturated carbocycles. The molecule has 4 rings (SSSR count). The third-order valence-corrected chi connectivity index (χ3v) is 5.24. The third-order valence-electron chi connectivity index (χ3n) is 5.24. The van der Waals surface area contributed by atoms with Crippen LogP contribution in [0.5, 0.6) is 0 Å². The number of nitrogens with zero attached hydrogens (tertiary/aromatic N) is 1. The van der Waals surface area contributed by atoms with Crippen molar-refractivity contribution in [2.75, 3.05) is 6.54 Å². The molecular weight excluding hydrogens is 194 g/mol. The number of rotatable bonds is 1. The van der Waals surface area contributed by atoms with Crippen molar-refractivity contribution in [3.8, 4) is 0 Å². The Hall–Kier alpha value is -0.820. The largest absolute Gasteiger partial charge is 0.290 e. The quantitative estimate of drug-likeness (QED) is 0.692. The monoisotopic (exact) mass is 213 g/mol. The van der Waals surface area contributed by atoms with Crippen molar-refractivity contribution >= 4 is 0 Å². The Balaban J connectivity index is 1.80. The first-order valence-corrected chi connectivity index (χ1v) is 6.75. The zero-order valence-corrected chi connectivity index (χ0v) is 9.73. The lowest BCUT2D eigenvalue weighted by Crippen LogP contribution is -2.65. The predicted molar refractivity (Wildman–Crippen MR) is 65.2 cm³/mol. The highest BCUT2D eigenvalue weighted by Gasteiger charge is 2.63. The van der Waals surface area contributed by atoms with Crippen molar-refractivity contribution in [2.24, 2.45) is 5.92 Å².